The number of piperazine rings is 4. The van der Waals surface area contributed by atoms with Crippen molar-refractivity contribution in [3.63, 3.8) is 0 Å². The normalized spacial score (nSPS) is 28.5. The van der Waals surface area contributed by atoms with Gasteiger partial charge in [-0.15, -0.1) is 0 Å². The number of aliphatic hydroxyl groups is 2. The van der Waals surface area contributed by atoms with Crippen molar-refractivity contribution in [2.24, 2.45) is 0 Å². The Bertz CT molecular complexity index is 406. The van der Waals surface area contributed by atoms with Gasteiger partial charge in [0.15, 0.2) is 0 Å². The molecule has 162 valence electrons. The minimum Gasteiger partial charge on any atom is -0.358 e. The molecule has 0 aromatic heterocycles. The Hall–Kier alpha value is -0.400. The van der Waals surface area contributed by atoms with Crippen LogP contribution in [0.15, 0.2) is 0 Å². The van der Waals surface area contributed by atoms with Crippen molar-refractivity contribution >= 4 is 0 Å². The van der Waals surface area contributed by atoms with Crippen LogP contribution in [-0.2, 0) is 0 Å². The topological polar surface area (TPSA) is 102 Å². The second-order valence-electron chi connectivity index (χ2n) is 8.22. The van der Waals surface area contributed by atoms with Gasteiger partial charge in [0.05, 0.1) is 0 Å². The van der Waals surface area contributed by atoms with Crippen LogP contribution in [0.25, 0.3) is 0 Å². The maximum absolute atomic E-state index is 12.5. The molecule has 4 aliphatic heterocycles. The quantitative estimate of drug-likeness (QED) is 0.274. The summed E-state index contributed by atoms with van der Waals surface area (Å²) in [7, 11) is 0. The summed E-state index contributed by atoms with van der Waals surface area (Å²) in [5.74, 6) is -2.90. The minimum absolute atomic E-state index is 0.723. The van der Waals surface area contributed by atoms with E-state index in [4.69, 9.17) is 0 Å². The molecule has 4 fully saturated rings. The first-order chi connectivity index (χ1) is 13.7. The predicted molar refractivity (Wildman–Crippen MR) is 108 cm³/mol. The average molecular weight is 399 g/mol. The van der Waals surface area contributed by atoms with Crippen molar-refractivity contribution in [1.29, 1.82) is 0 Å². The van der Waals surface area contributed by atoms with Gasteiger partial charge in [0, 0.05) is 105 Å². The van der Waals surface area contributed by atoms with Gasteiger partial charge in [0.1, 0.15) is 0 Å². The molecule has 0 spiro atoms. The van der Waals surface area contributed by atoms with E-state index in [9.17, 15) is 10.2 Å². The Morgan fingerprint density at radius 1 is 0.393 bits per heavy atom. The molecule has 10 heteroatoms. The highest BCUT2D eigenvalue weighted by Gasteiger charge is 2.63. The Labute approximate surface area is 168 Å². The van der Waals surface area contributed by atoms with Crippen molar-refractivity contribution in [2.45, 2.75) is 11.7 Å². The Balaban J connectivity index is 1.74. The maximum Gasteiger partial charge on any atom is 0.237 e. The lowest BCUT2D eigenvalue weighted by Crippen LogP contribution is -2.86. The monoisotopic (exact) mass is 398 g/mol. The van der Waals surface area contributed by atoms with Crippen LogP contribution < -0.4 is 21.3 Å². The van der Waals surface area contributed by atoms with Crippen molar-refractivity contribution in [3.8, 4) is 0 Å². The van der Waals surface area contributed by atoms with Gasteiger partial charge in [-0.25, -0.2) is 0 Å². The highest BCUT2D eigenvalue weighted by atomic mass is 16.4. The van der Waals surface area contributed by atoms with Gasteiger partial charge in [-0.1, -0.05) is 0 Å². The molecule has 0 aromatic rings. The number of hydrogen-bond donors (Lipinski definition) is 6. The van der Waals surface area contributed by atoms with Crippen molar-refractivity contribution in [3.05, 3.63) is 0 Å². The molecule has 4 saturated heterocycles. The van der Waals surface area contributed by atoms with Gasteiger partial charge in [0.2, 0.25) is 11.7 Å². The molecule has 0 aliphatic carbocycles. The molecule has 4 rings (SSSR count). The summed E-state index contributed by atoms with van der Waals surface area (Å²) in [5, 5.41) is 38.6. The van der Waals surface area contributed by atoms with Gasteiger partial charge in [-0.2, -0.15) is 0 Å². The van der Waals surface area contributed by atoms with E-state index in [0.717, 1.165) is 105 Å². The number of nitrogens with zero attached hydrogens (tertiary/aromatic N) is 4. The van der Waals surface area contributed by atoms with Crippen molar-refractivity contribution in [2.75, 3.05) is 105 Å². The van der Waals surface area contributed by atoms with Crippen LogP contribution in [0.3, 0.4) is 0 Å². The Kier molecular flexibility index (Phi) is 6.83. The van der Waals surface area contributed by atoms with Crippen LogP contribution in [0.1, 0.15) is 0 Å². The molecule has 0 saturated carbocycles. The van der Waals surface area contributed by atoms with E-state index >= 15 is 0 Å². The first-order valence-electron chi connectivity index (χ1n) is 10.9. The minimum atomic E-state index is -1.45. The molecule has 0 atom stereocenters. The summed E-state index contributed by atoms with van der Waals surface area (Å²) >= 11 is 0. The van der Waals surface area contributed by atoms with E-state index < -0.39 is 11.7 Å². The third-order valence-electron chi connectivity index (χ3n) is 6.68. The van der Waals surface area contributed by atoms with Gasteiger partial charge >= 0.3 is 0 Å². The zero-order chi connectivity index (χ0) is 19.5. The Morgan fingerprint density at radius 3 is 0.750 bits per heavy atom. The second-order valence-corrected chi connectivity index (χ2v) is 8.22. The molecule has 0 unspecified atom stereocenters. The third-order valence-corrected chi connectivity index (χ3v) is 6.68. The summed E-state index contributed by atoms with van der Waals surface area (Å²) < 4.78 is 0. The summed E-state index contributed by atoms with van der Waals surface area (Å²) in [4.78, 5) is 8.44. The molecule has 4 aliphatic rings. The van der Waals surface area contributed by atoms with Gasteiger partial charge in [0.25, 0.3) is 0 Å². The summed E-state index contributed by atoms with van der Waals surface area (Å²) in [6.07, 6.45) is 0. The van der Waals surface area contributed by atoms with Crippen molar-refractivity contribution in [1.82, 2.24) is 40.9 Å². The molecular weight excluding hydrogens is 360 g/mol. The van der Waals surface area contributed by atoms with Crippen LogP contribution in [-0.4, -0.2) is 146 Å². The third kappa shape index (κ3) is 3.71. The van der Waals surface area contributed by atoms with Gasteiger partial charge in [-0.05, 0) is 0 Å². The number of rotatable bonds is 5. The first kappa shape index (κ1) is 20.9. The van der Waals surface area contributed by atoms with Crippen LogP contribution in [0, 0.1) is 0 Å². The molecule has 10 nitrogen and oxygen atoms in total. The Morgan fingerprint density at radius 2 is 0.571 bits per heavy atom. The fraction of sp³-hybridized carbons (Fsp3) is 1.00. The molecule has 0 radical (unpaired) electrons. The fourth-order valence-electron chi connectivity index (χ4n) is 5.16. The van der Waals surface area contributed by atoms with Crippen molar-refractivity contribution < 1.29 is 10.2 Å². The van der Waals surface area contributed by atoms with Gasteiger partial charge < -0.3 is 31.5 Å². The maximum atomic E-state index is 12.5. The molecule has 0 amide bonds. The van der Waals surface area contributed by atoms with Crippen LogP contribution in [0.2, 0.25) is 0 Å². The summed E-state index contributed by atoms with van der Waals surface area (Å²) in [5.41, 5.74) is 0. The zero-order valence-electron chi connectivity index (χ0n) is 17.0. The smallest absolute Gasteiger partial charge is 0.237 e. The SMILES string of the molecule is OC(N1CCNCC1)(N1CCNCC1)C(O)(N1CCNCC1)N1CCNCC1. The molecule has 4 heterocycles. The molecular formula is C18H38N8O2. The van der Waals surface area contributed by atoms with Crippen LogP contribution in [0.5, 0.6) is 0 Å². The van der Waals surface area contributed by atoms with E-state index in [-0.39, 0.29) is 0 Å². The van der Waals surface area contributed by atoms with E-state index in [1.807, 2.05) is 0 Å². The van der Waals surface area contributed by atoms with E-state index in [1.165, 1.54) is 0 Å². The molecule has 0 bridgehead atoms. The van der Waals surface area contributed by atoms with Gasteiger partial charge in [-0.3, -0.25) is 19.6 Å². The van der Waals surface area contributed by atoms with E-state index in [2.05, 4.69) is 40.9 Å². The zero-order valence-corrected chi connectivity index (χ0v) is 17.0. The lowest BCUT2D eigenvalue weighted by molar-refractivity contribution is -0.403. The molecule has 28 heavy (non-hydrogen) atoms. The number of hydrogen-bond acceptors (Lipinski definition) is 10. The lowest BCUT2D eigenvalue weighted by Gasteiger charge is -2.62. The lowest BCUT2D eigenvalue weighted by atomic mass is 10.0. The van der Waals surface area contributed by atoms with E-state index in [1.54, 1.807) is 0 Å². The second kappa shape index (κ2) is 9.17. The number of nitrogens with one attached hydrogen (secondary N) is 4. The largest absolute Gasteiger partial charge is 0.358 e. The van der Waals surface area contributed by atoms with Crippen LogP contribution in [0.4, 0.5) is 0 Å². The molecule has 6 N–H and O–H groups in total. The summed E-state index contributed by atoms with van der Waals surface area (Å²) in [6.45, 7) is 12.4. The highest BCUT2D eigenvalue weighted by Crippen LogP contribution is 2.37. The van der Waals surface area contributed by atoms with E-state index in [0.29, 0.717) is 0 Å². The molecule has 0 aromatic carbocycles. The first-order valence-corrected chi connectivity index (χ1v) is 10.9. The average Bonchev–Trinajstić information content (AvgIpc) is 2.80. The summed E-state index contributed by atoms with van der Waals surface area (Å²) in [6, 6.07) is 0. The predicted octanol–water partition coefficient (Wildman–Crippen LogP) is -4.10. The highest BCUT2D eigenvalue weighted by molar-refractivity contribution is 5.02. The fourth-order valence-corrected chi connectivity index (χ4v) is 5.16. The standard InChI is InChI=1S/C18H38N8O2/c27-17(23-9-1-19-2-10-23,24-11-3-20-4-12-24)18(28,25-13-5-21-6-14-25)26-15-7-22-8-16-26/h19-22,27-28H,1-16H2. The van der Waals surface area contributed by atoms with Crippen LogP contribution >= 0.6 is 0 Å².